The van der Waals surface area contributed by atoms with Crippen LogP contribution in [0.1, 0.15) is 16.8 Å². The molecule has 1 aliphatic heterocycles. The Bertz CT molecular complexity index is 739. The van der Waals surface area contributed by atoms with Gasteiger partial charge in [0.1, 0.15) is 24.2 Å². The average molecular weight is 377 g/mol. The number of rotatable bonds is 8. The molecule has 6 nitrogen and oxygen atoms in total. The fraction of sp³-hybridized carbons (Fsp3) is 0.316. The number of primary amides is 1. The monoisotopic (exact) mass is 376 g/mol. The van der Waals surface area contributed by atoms with Crippen LogP contribution in [0.25, 0.3) is 0 Å². The topological polar surface area (TPSA) is 74.0 Å². The summed E-state index contributed by atoms with van der Waals surface area (Å²) < 4.78 is 11.5. The Hall–Kier alpha value is -2.28. The van der Waals surface area contributed by atoms with Gasteiger partial charge in [-0.15, -0.1) is 0 Å². The molecule has 26 heavy (non-hydrogen) atoms. The SMILES string of the molecule is NC(=O)c1cccc(OCCCN2CC(Oc3ccc(Cl)cc3)CO2)c1. The van der Waals surface area contributed by atoms with Crippen molar-refractivity contribution in [2.75, 3.05) is 26.3 Å². The van der Waals surface area contributed by atoms with Crippen molar-refractivity contribution in [2.45, 2.75) is 12.5 Å². The number of carbonyl (C=O) groups is 1. The molecular weight excluding hydrogens is 356 g/mol. The van der Waals surface area contributed by atoms with E-state index in [1.54, 1.807) is 36.4 Å². The van der Waals surface area contributed by atoms with Gasteiger partial charge in [-0.3, -0.25) is 9.63 Å². The Morgan fingerprint density at radius 1 is 1.23 bits per heavy atom. The fourth-order valence-electron chi connectivity index (χ4n) is 2.62. The van der Waals surface area contributed by atoms with E-state index in [0.29, 0.717) is 36.1 Å². The minimum Gasteiger partial charge on any atom is -0.494 e. The summed E-state index contributed by atoms with van der Waals surface area (Å²) in [5, 5.41) is 2.56. The third kappa shape index (κ3) is 5.36. The first kappa shape index (κ1) is 18.5. The summed E-state index contributed by atoms with van der Waals surface area (Å²) in [5.74, 6) is 0.947. The lowest BCUT2D eigenvalue weighted by atomic mass is 10.2. The smallest absolute Gasteiger partial charge is 0.248 e. The molecule has 1 atom stereocenters. The quantitative estimate of drug-likeness (QED) is 0.717. The van der Waals surface area contributed by atoms with Crippen LogP contribution in [-0.4, -0.2) is 43.4 Å². The van der Waals surface area contributed by atoms with Crippen LogP contribution in [0.5, 0.6) is 11.5 Å². The van der Waals surface area contributed by atoms with E-state index in [1.807, 2.05) is 17.2 Å². The molecule has 1 unspecified atom stereocenters. The molecule has 1 saturated heterocycles. The number of ether oxygens (including phenoxy) is 2. The Balaban J connectivity index is 1.36. The highest BCUT2D eigenvalue weighted by Crippen LogP contribution is 2.19. The molecule has 1 amide bonds. The first-order valence-electron chi connectivity index (χ1n) is 8.43. The highest BCUT2D eigenvalue weighted by atomic mass is 35.5. The maximum Gasteiger partial charge on any atom is 0.248 e. The molecule has 138 valence electrons. The van der Waals surface area contributed by atoms with Gasteiger partial charge in [0.25, 0.3) is 0 Å². The molecule has 0 radical (unpaired) electrons. The Morgan fingerprint density at radius 3 is 2.81 bits per heavy atom. The molecule has 0 saturated carbocycles. The van der Waals surface area contributed by atoms with Crippen LogP contribution in [0.2, 0.25) is 5.02 Å². The fourth-order valence-corrected chi connectivity index (χ4v) is 2.75. The van der Waals surface area contributed by atoms with Crippen molar-refractivity contribution < 1.29 is 19.1 Å². The highest BCUT2D eigenvalue weighted by molar-refractivity contribution is 6.30. The lowest BCUT2D eigenvalue weighted by Gasteiger charge is -2.15. The van der Waals surface area contributed by atoms with Crippen molar-refractivity contribution in [3.63, 3.8) is 0 Å². The number of nitrogens with zero attached hydrogens (tertiary/aromatic N) is 1. The molecule has 1 aliphatic rings. The van der Waals surface area contributed by atoms with Crippen molar-refractivity contribution in [1.29, 1.82) is 0 Å². The Morgan fingerprint density at radius 2 is 2.04 bits per heavy atom. The van der Waals surface area contributed by atoms with Gasteiger partial charge in [0.05, 0.1) is 13.2 Å². The largest absolute Gasteiger partial charge is 0.494 e. The van der Waals surface area contributed by atoms with Gasteiger partial charge in [0, 0.05) is 17.1 Å². The number of hydrogen-bond donors (Lipinski definition) is 1. The normalized spacial score (nSPS) is 17.2. The maximum absolute atomic E-state index is 11.2. The molecule has 0 bridgehead atoms. The molecule has 0 spiro atoms. The molecule has 1 fully saturated rings. The molecule has 2 aromatic rings. The third-order valence-corrected chi connectivity index (χ3v) is 4.16. The van der Waals surface area contributed by atoms with Gasteiger partial charge < -0.3 is 15.2 Å². The van der Waals surface area contributed by atoms with Gasteiger partial charge in [-0.25, -0.2) is 0 Å². The number of amides is 1. The Kier molecular flexibility index (Phi) is 6.33. The second-order valence-electron chi connectivity index (χ2n) is 5.97. The van der Waals surface area contributed by atoms with Crippen LogP contribution in [0, 0.1) is 0 Å². The van der Waals surface area contributed by atoms with Gasteiger partial charge in [0.2, 0.25) is 5.91 Å². The first-order valence-corrected chi connectivity index (χ1v) is 8.81. The predicted molar refractivity (Wildman–Crippen MR) is 98.5 cm³/mol. The van der Waals surface area contributed by atoms with E-state index in [4.69, 9.17) is 31.6 Å². The minimum absolute atomic E-state index is 0.00987. The van der Waals surface area contributed by atoms with Gasteiger partial charge in [-0.1, -0.05) is 17.7 Å². The number of hydrogen-bond acceptors (Lipinski definition) is 5. The third-order valence-electron chi connectivity index (χ3n) is 3.91. The summed E-state index contributed by atoms with van der Waals surface area (Å²) in [6.45, 7) is 2.46. The maximum atomic E-state index is 11.2. The van der Waals surface area contributed by atoms with Gasteiger partial charge in [0.15, 0.2) is 0 Å². The number of nitrogens with two attached hydrogens (primary N) is 1. The van der Waals surface area contributed by atoms with Gasteiger partial charge in [-0.2, -0.15) is 5.06 Å². The summed E-state index contributed by atoms with van der Waals surface area (Å²) in [5.41, 5.74) is 5.70. The molecular formula is C19H21ClN2O4. The van der Waals surface area contributed by atoms with Gasteiger partial charge >= 0.3 is 0 Å². The summed E-state index contributed by atoms with van der Waals surface area (Å²) in [6, 6.07) is 14.1. The summed E-state index contributed by atoms with van der Waals surface area (Å²) in [7, 11) is 0. The molecule has 7 heteroatoms. The summed E-state index contributed by atoms with van der Waals surface area (Å²) in [6.07, 6.45) is 0.776. The molecule has 2 aromatic carbocycles. The molecule has 2 N–H and O–H groups in total. The van der Waals surface area contributed by atoms with E-state index < -0.39 is 5.91 Å². The van der Waals surface area contributed by atoms with E-state index in [0.717, 1.165) is 18.7 Å². The van der Waals surface area contributed by atoms with Crippen LogP contribution in [0.4, 0.5) is 0 Å². The van der Waals surface area contributed by atoms with Crippen molar-refractivity contribution in [1.82, 2.24) is 5.06 Å². The van der Waals surface area contributed by atoms with E-state index in [-0.39, 0.29) is 6.10 Å². The second kappa shape index (κ2) is 8.89. The van der Waals surface area contributed by atoms with Crippen molar-refractivity contribution in [2.24, 2.45) is 5.73 Å². The van der Waals surface area contributed by atoms with Gasteiger partial charge in [-0.05, 0) is 48.9 Å². The van der Waals surface area contributed by atoms with Crippen LogP contribution >= 0.6 is 11.6 Å². The molecule has 1 heterocycles. The molecule has 3 rings (SSSR count). The van der Waals surface area contributed by atoms with E-state index >= 15 is 0 Å². The standard InChI is InChI=1S/C19H21ClN2O4/c20-15-5-7-16(8-6-15)26-18-12-22(25-13-18)9-2-10-24-17-4-1-3-14(11-17)19(21)23/h1,3-8,11,18H,2,9-10,12-13H2,(H2,21,23). The van der Waals surface area contributed by atoms with Crippen LogP contribution in [0.15, 0.2) is 48.5 Å². The Labute approximate surface area is 157 Å². The van der Waals surface area contributed by atoms with Crippen molar-refractivity contribution >= 4 is 17.5 Å². The number of halogens is 1. The van der Waals surface area contributed by atoms with Crippen molar-refractivity contribution in [3.8, 4) is 11.5 Å². The average Bonchev–Trinajstić information content (AvgIpc) is 3.08. The van der Waals surface area contributed by atoms with Crippen molar-refractivity contribution in [3.05, 3.63) is 59.1 Å². The zero-order valence-corrected chi connectivity index (χ0v) is 15.0. The van der Waals surface area contributed by atoms with E-state index in [1.165, 1.54) is 0 Å². The summed E-state index contributed by atoms with van der Waals surface area (Å²) >= 11 is 5.87. The molecule has 0 aromatic heterocycles. The van der Waals surface area contributed by atoms with E-state index in [9.17, 15) is 4.79 Å². The zero-order valence-electron chi connectivity index (χ0n) is 14.3. The predicted octanol–water partition coefficient (Wildman–Crippen LogP) is 2.90. The number of benzene rings is 2. The molecule has 0 aliphatic carbocycles. The minimum atomic E-state index is -0.465. The zero-order chi connectivity index (χ0) is 18.4. The van der Waals surface area contributed by atoms with E-state index in [2.05, 4.69) is 0 Å². The number of carbonyl (C=O) groups excluding carboxylic acids is 1. The lowest BCUT2D eigenvalue weighted by Crippen LogP contribution is -2.26. The first-order chi connectivity index (χ1) is 12.6. The van der Waals surface area contributed by atoms with Crippen LogP contribution < -0.4 is 15.2 Å². The highest BCUT2D eigenvalue weighted by Gasteiger charge is 2.24. The lowest BCUT2D eigenvalue weighted by molar-refractivity contribution is -0.111. The van der Waals surface area contributed by atoms with Crippen LogP contribution in [0.3, 0.4) is 0 Å². The number of hydroxylamine groups is 2. The van der Waals surface area contributed by atoms with Crippen LogP contribution in [-0.2, 0) is 4.84 Å². The second-order valence-corrected chi connectivity index (χ2v) is 6.41. The summed E-state index contributed by atoms with van der Waals surface area (Å²) in [4.78, 5) is 16.8.